The lowest BCUT2D eigenvalue weighted by molar-refractivity contribution is -0.132. The number of amides is 3. The smallest absolute Gasteiger partial charge is 0.317 e. The lowest BCUT2D eigenvalue weighted by atomic mass is 10.1. The second-order valence-corrected chi connectivity index (χ2v) is 6.71. The van der Waals surface area contributed by atoms with Gasteiger partial charge >= 0.3 is 6.03 Å². The Bertz CT molecular complexity index is 509. The molecule has 0 radical (unpaired) electrons. The molecule has 1 N–H and O–H groups in total. The summed E-state index contributed by atoms with van der Waals surface area (Å²) in [6.07, 6.45) is 1.23. The maximum absolute atomic E-state index is 12.1. The van der Waals surface area contributed by atoms with Gasteiger partial charge in [-0.2, -0.15) is 0 Å². The molecule has 0 aliphatic carbocycles. The van der Waals surface area contributed by atoms with Crippen LogP contribution in [0.4, 0.5) is 4.79 Å². The fraction of sp³-hybridized carbons (Fsp3) is 0.500. The number of rotatable bonds is 5. The van der Waals surface area contributed by atoms with Crippen molar-refractivity contribution in [3.8, 4) is 0 Å². The summed E-state index contributed by atoms with van der Waals surface area (Å²) in [4.78, 5) is 28.2. The van der Waals surface area contributed by atoms with Crippen LogP contribution in [0.3, 0.4) is 0 Å². The molecule has 0 saturated carbocycles. The Labute approximate surface area is 136 Å². The number of hydrogen-bond donors (Lipinski definition) is 1. The van der Waals surface area contributed by atoms with E-state index < -0.39 is 0 Å². The minimum atomic E-state index is -0.0681. The molecule has 1 heterocycles. The SMILES string of the molecule is CN1CC(NC(=O)N(C)CCSc2ccccc2)CCC1=O. The average molecular weight is 321 g/mol. The third-order valence-electron chi connectivity index (χ3n) is 3.74. The van der Waals surface area contributed by atoms with E-state index in [-0.39, 0.29) is 18.0 Å². The number of likely N-dealkylation sites (tertiary alicyclic amines) is 1. The van der Waals surface area contributed by atoms with Gasteiger partial charge in [0.05, 0.1) is 0 Å². The zero-order valence-corrected chi connectivity index (χ0v) is 13.9. The van der Waals surface area contributed by atoms with Crippen molar-refractivity contribution in [2.45, 2.75) is 23.8 Å². The van der Waals surface area contributed by atoms with Gasteiger partial charge in [0.1, 0.15) is 0 Å². The number of nitrogens with zero attached hydrogens (tertiary/aromatic N) is 2. The van der Waals surface area contributed by atoms with Crippen molar-refractivity contribution in [1.29, 1.82) is 0 Å². The van der Waals surface area contributed by atoms with Gasteiger partial charge in [-0.25, -0.2) is 4.79 Å². The number of nitrogens with one attached hydrogen (secondary N) is 1. The molecule has 1 unspecified atom stereocenters. The van der Waals surface area contributed by atoms with Crippen molar-refractivity contribution in [2.75, 3.05) is 32.9 Å². The maximum Gasteiger partial charge on any atom is 0.317 e. The average Bonchev–Trinajstić information content (AvgIpc) is 2.52. The Morgan fingerprint density at radius 1 is 1.41 bits per heavy atom. The van der Waals surface area contributed by atoms with E-state index in [4.69, 9.17) is 0 Å². The molecule has 1 aliphatic rings. The van der Waals surface area contributed by atoms with E-state index in [1.807, 2.05) is 18.2 Å². The number of benzene rings is 1. The Balaban J connectivity index is 1.69. The van der Waals surface area contributed by atoms with Crippen LogP contribution in [-0.2, 0) is 4.79 Å². The standard InChI is InChI=1S/C16H23N3O2S/c1-18(10-11-22-14-6-4-3-5-7-14)16(21)17-13-8-9-15(20)19(2)12-13/h3-7,13H,8-12H2,1-2H3,(H,17,21). The van der Waals surface area contributed by atoms with E-state index in [0.29, 0.717) is 19.5 Å². The number of piperidine rings is 1. The minimum Gasteiger partial charge on any atom is -0.344 e. The normalized spacial score (nSPS) is 18.2. The van der Waals surface area contributed by atoms with Crippen LogP contribution in [-0.4, -0.2) is 60.7 Å². The summed E-state index contributed by atoms with van der Waals surface area (Å²) in [5.74, 6) is 1.01. The molecule has 0 aromatic heterocycles. The Morgan fingerprint density at radius 2 is 2.14 bits per heavy atom. The van der Waals surface area contributed by atoms with Crippen molar-refractivity contribution in [1.82, 2.24) is 15.1 Å². The van der Waals surface area contributed by atoms with E-state index in [1.54, 1.807) is 35.7 Å². The van der Waals surface area contributed by atoms with E-state index in [1.165, 1.54) is 4.90 Å². The molecule has 0 bridgehead atoms. The van der Waals surface area contributed by atoms with Crippen LogP contribution in [0.25, 0.3) is 0 Å². The van der Waals surface area contributed by atoms with Crippen molar-refractivity contribution in [3.05, 3.63) is 30.3 Å². The van der Waals surface area contributed by atoms with Crippen molar-refractivity contribution >= 4 is 23.7 Å². The predicted molar refractivity (Wildman–Crippen MR) is 89.0 cm³/mol. The number of urea groups is 1. The highest BCUT2D eigenvalue weighted by Crippen LogP contribution is 2.16. The molecule has 2 rings (SSSR count). The molecule has 1 aliphatic heterocycles. The van der Waals surface area contributed by atoms with Crippen LogP contribution in [0.5, 0.6) is 0 Å². The fourth-order valence-corrected chi connectivity index (χ4v) is 3.28. The molecule has 3 amide bonds. The van der Waals surface area contributed by atoms with Gasteiger partial charge in [-0.1, -0.05) is 18.2 Å². The summed E-state index contributed by atoms with van der Waals surface area (Å²) in [6, 6.07) is 10.1. The van der Waals surface area contributed by atoms with E-state index in [2.05, 4.69) is 17.4 Å². The van der Waals surface area contributed by atoms with E-state index >= 15 is 0 Å². The molecule has 22 heavy (non-hydrogen) atoms. The molecule has 1 saturated heterocycles. The molecule has 5 nitrogen and oxygen atoms in total. The zero-order valence-electron chi connectivity index (χ0n) is 13.1. The Morgan fingerprint density at radius 3 is 2.82 bits per heavy atom. The van der Waals surface area contributed by atoms with E-state index in [0.717, 1.165) is 12.2 Å². The summed E-state index contributed by atoms with van der Waals surface area (Å²) in [5.41, 5.74) is 0. The molecular weight excluding hydrogens is 298 g/mol. The quantitative estimate of drug-likeness (QED) is 0.845. The molecule has 120 valence electrons. The van der Waals surface area contributed by atoms with Gasteiger partial charge in [-0.3, -0.25) is 4.79 Å². The molecule has 0 spiro atoms. The van der Waals surface area contributed by atoms with E-state index in [9.17, 15) is 9.59 Å². The zero-order chi connectivity index (χ0) is 15.9. The van der Waals surface area contributed by atoms with Crippen LogP contribution >= 0.6 is 11.8 Å². The van der Waals surface area contributed by atoms with Crippen LogP contribution < -0.4 is 5.32 Å². The molecule has 6 heteroatoms. The first-order chi connectivity index (χ1) is 10.6. The summed E-state index contributed by atoms with van der Waals surface area (Å²) in [7, 11) is 3.58. The third kappa shape index (κ3) is 4.94. The van der Waals surface area contributed by atoms with Gasteiger partial charge in [0.25, 0.3) is 0 Å². The Kier molecular flexibility index (Phi) is 6.12. The molecular formula is C16H23N3O2S. The maximum atomic E-state index is 12.1. The van der Waals surface area contributed by atoms with Gasteiger partial charge in [-0.15, -0.1) is 11.8 Å². The monoisotopic (exact) mass is 321 g/mol. The first kappa shape index (κ1) is 16.7. The van der Waals surface area contributed by atoms with Crippen LogP contribution in [0.15, 0.2) is 35.2 Å². The van der Waals surface area contributed by atoms with Gasteiger partial charge in [0, 0.05) is 50.3 Å². The highest BCUT2D eigenvalue weighted by atomic mass is 32.2. The van der Waals surface area contributed by atoms with Crippen molar-refractivity contribution in [3.63, 3.8) is 0 Å². The number of carbonyl (C=O) groups is 2. The molecule has 1 atom stereocenters. The highest BCUT2D eigenvalue weighted by molar-refractivity contribution is 7.99. The van der Waals surface area contributed by atoms with Crippen molar-refractivity contribution in [2.24, 2.45) is 0 Å². The van der Waals surface area contributed by atoms with Crippen LogP contribution in [0.2, 0.25) is 0 Å². The first-order valence-electron chi connectivity index (χ1n) is 7.49. The fourth-order valence-electron chi connectivity index (χ4n) is 2.33. The third-order valence-corrected chi connectivity index (χ3v) is 4.73. The lowest BCUT2D eigenvalue weighted by Crippen LogP contribution is -2.51. The van der Waals surface area contributed by atoms with Gasteiger partial charge in [0.15, 0.2) is 0 Å². The summed E-state index contributed by atoms with van der Waals surface area (Å²) in [6.45, 7) is 1.28. The summed E-state index contributed by atoms with van der Waals surface area (Å²) >= 11 is 1.74. The number of likely N-dealkylation sites (N-methyl/N-ethyl adjacent to an activating group) is 1. The number of carbonyl (C=O) groups excluding carboxylic acids is 2. The predicted octanol–water partition coefficient (Wildman–Crippen LogP) is 2.04. The second kappa shape index (κ2) is 8.08. The molecule has 1 aromatic carbocycles. The topological polar surface area (TPSA) is 52.7 Å². The number of thioether (sulfide) groups is 1. The van der Waals surface area contributed by atoms with Gasteiger partial charge < -0.3 is 15.1 Å². The van der Waals surface area contributed by atoms with Crippen LogP contribution in [0.1, 0.15) is 12.8 Å². The van der Waals surface area contributed by atoms with Crippen LogP contribution in [0, 0.1) is 0 Å². The Hall–Kier alpha value is -1.69. The highest BCUT2D eigenvalue weighted by Gasteiger charge is 2.24. The van der Waals surface area contributed by atoms with Gasteiger partial charge in [0.2, 0.25) is 5.91 Å². The minimum absolute atomic E-state index is 0.0550. The molecule has 1 fully saturated rings. The lowest BCUT2D eigenvalue weighted by Gasteiger charge is -2.31. The molecule has 1 aromatic rings. The summed E-state index contributed by atoms with van der Waals surface area (Å²) in [5, 5.41) is 3.00. The van der Waals surface area contributed by atoms with Gasteiger partial charge in [-0.05, 0) is 18.6 Å². The number of hydrogen-bond acceptors (Lipinski definition) is 3. The summed E-state index contributed by atoms with van der Waals surface area (Å²) < 4.78 is 0. The first-order valence-corrected chi connectivity index (χ1v) is 8.48. The van der Waals surface area contributed by atoms with Crippen molar-refractivity contribution < 1.29 is 9.59 Å². The largest absolute Gasteiger partial charge is 0.344 e. The second-order valence-electron chi connectivity index (χ2n) is 5.54.